The summed E-state index contributed by atoms with van der Waals surface area (Å²) in [7, 11) is 1.30. The number of carbonyl (C=O) groups is 4. The summed E-state index contributed by atoms with van der Waals surface area (Å²) in [5.41, 5.74) is 1.32. The Kier molecular flexibility index (Phi) is 7.04. The van der Waals surface area contributed by atoms with Gasteiger partial charge in [-0.2, -0.15) is 0 Å². The number of halogens is 2. The Hall–Kier alpha value is -3.89. The van der Waals surface area contributed by atoms with Crippen molar-refractivity contribution >= 4 is 58.1 Å². The molecule has 1 aromatic heterocycles. The lowest BCUT2D eigenvalue weighted by Crippen LogP contribution is -2.36. The number of methoxy groups -OCH3 is 1. The Morgan fingerprint density at radius 3 is 2.57 bits per heavy atom. The van der Waals surface area contributed by atoms with E-state index in [-0.39, 0.29) is 15.6 Å². The van der Waals surface area contributed by atoms with Gasteiger partial charge in [0.25, 0.3) is 11.1 Å². The number of hydrogen-bond donors (Lipinski definition) is 1. The number of rotatable bonds is 6. The molecule has 11 heteroatoms. The number of carbonyl (C=O) groups excluding carboxylic acids is 4. The quantitative estimate of drug-likeness (QED) is 0.356. The van der Waals surface area contributed by atoms with Crippen LogP contribution in [0.25, 0.3) is 17.4 Å². The van der Waals surface area contributed by atoms with Gasteiger partial charge in [0.15, 0.2) is 0 Å². The first-order valence-corrected chi connectivity index (χ1v) is 11.2. The number of imide groups is 1. The number of thioether (sulfide) groups is 1. The van der Waals surface area contributed by atoms with Gasteiger partial charge >= 0.3 is 5.97 Å². The van der Waals surface area contributed by atoms with Crippen LogP contribution in [-0.2, 0) is 14.3 Å². The van der Waals surface area contributed by atoms with Crippen LogP contribution >= 0.6 is 23.4 Å². The minimum Gasteiger partial charge on any atom is -0.465 e. The number of ether oxygens (including phenoxy) is 1. The topological polar surface area (TPSA) is 106 Å². The molecule has 3 aromatic rings. The number of anilines is 1. The molecule has 0 aliphatic carbocycles. The number of amides is 3. The average molecular weight is 515 g/mol. The zero-order valence-corrected chi connectivity index (χ0v) is 19.6. The second-order valence-corrected chi connectivity index (χ2v) is 8.62. The van der Waals surface area contributed by atoms with Crippen LogP contribution in [0.4, 0.5) is 14.9 Å². The Morgan fingerprint density at radius 2 is 1.89 bits per heavy atom. The van der Waals surface area contributed by atoms with Crippen LogP contribution in [0.5, 0.6) is 0 Å². The fraction of sp³-hybridized carbons (Fsp3) is 0.0833. The SMILES string of the molecule is COC(=O)c1ccc(-c2ccc(/C=C3/SC(=O)N(CC(=O)Nc4ccc(F)c(Cl)c4)C3=O)o2)cc1. The zero-order valence-electron chi connectivity index (χ0n) is 18.0. The average Bonchev–Trinajstić information content (AvgIpc) is 3.41. The number of furan rings is 1. The van der Waals surface area contributed by atoms with Crippen molar-refractivity contribution in [3.63, 3.8) is 0 Å². The lowest BCUT2D eigenvalue weighted by Gasteiger charge is -2.12. The van der Waals surface area contributed by atoms with Crippen LogP contribution in [0.1, 0.15) is 16.1 Å². The number of nitrogens with zero attached hydrogens (tertiary/aromatic N) is 1. The van der Waals surface area contributed by atoms with Crippen molar-refractivity contribution in [1.29, 1.82) is 0 Å². The van der Waals surface area contributed by atoms with Gasteiger partial charge in [0.2, 0.25) is 5.91 Å². The molecular weight excluding hydrogens is 499 g/mol. The van der Waals surface area contributed by atoms with Crippen molar-refractivity contribution in [2.75, 3.05) is 19.0 Å². The second-order valence-electron chi connectivity index (χ2n) is 7.22. The Labute approximate surface area is 207 Å². The van der Waals surface area contributed by atoms with Gasteiger partial charge in [-0.15, -0.1) is 0 Å². The molecule has 4 rings (SSSR count). The van der Waals surface area contributed by atoms with E-state index < -0.39 is 35.4 Å². The summed E-state index contributed by atoms with van der Waals surface area (Å²) in [6, 6.07) is 13.5. The lowest BCUT2D eigenvalue weighted by atomic mass is 10.1. The first-order valence-electron chi connectivity index (χ1n) is 10.0. The van der Waals surface area contributed by atoms with E-state index in [0.29, 0.717) is 34.4 Å². The van der Waals surface area contributed by atoms with E-state index in [1.54, 1.807) is 36.4 Å². The van der Waals surface area contributed by atoms with Gasteiger partial charge in [-0.3, -0.25) is 19.3 Å². The van der Waals surface area contributed by atoms with Crippen molar-refractivity contribution in [1.82, 2.24) is 4.90 Å². The maximum atomic E-state index is 13.3. The van der Waals surface area contributed by atoms with Gasteiger partial charge in [0, 0.05) is 17.3 Å². The predicted molar refractivity (Wildman–Crippen MR) is 128 cm³/mol. The van der Waals surface area contributed by atoms with E-state index in [4.69, 9.17) is 16.0 Å². The van der Waals surface area contributed by atoms with Crippen molar-refractivity contribution < 1.29 is 32.7 Å². The van der Waals surface area contributed by atoms with Gasteiger partial charge in [-0.25, -0.2) is 9.18 Å². The van der Waals surface area contributed by atoms with E-state index >= 15 is 0 Å². The smallest absolute Gasteiger partial charge is 0.337 e. The molecule has 1 aliphatic heterocycles. The molecule has 1 saturated heterocycles. The van der Waals surface area contributed by atoms with Crippen molar-refractivity contribution in [2.24, 2.45) is 0 Å². The molecule has 0 saturated carbocycles. The van der Waals surface area contributed by atoms with E-state index in [9.17, 15) is 23.6 Å². The van der Waals surface area contributed by atoms with E-state index in [1.165, 1.54) is 25.3 Å². The van der Waals surface area contributed by atoms with Gasteiger partial charge in [-0.1, -0.05) is 23.7 Å². The van der Waals surface area contributed by atoms with Gasteiger partial charge in [-0.05, 0) is 54.2 Å². The summed E-state index contributed by atoms with van der Waals surface area (Å²) in [5.74, 6) is -1.57. The number of hydrogen-bond acceptors (Lipinski definition) is 7. The van der Waals surface area contributed by atoms with Crippen molar-refractivity contribution in [3.8, 4) is 11.3 Å². The summed E-state index contributed by atoms with van der Waals surface area (Å²) in [4.78, 5) is 49.8. The standard InChI is InChI=1S/C24H16ClFN2O6S/c1-33-23(31)14-4-2-13(3-5-14)19-9-7-16(34-19)11-20-22(30)28(24(32)35-20)12-21(29)27-15-6-8-18(26)17(25)10-15/h2-11H,12H2,1H3,(H,27,29)/b20-11+. The van der Waals surface area contributed by atoms with Gasteiger partial charge in [0.05, 0.1) is 22.6 Å². The van der Waals surface area contributed by atoms with Crippen molar-refractivity contribution in [2.45, 2.75) is 0 Å². The molecule has 1 aliphatic rings. The molecule has 178 valence electrons. The van der Waals surface area contributed by atoms with Gasteiger partial charge in [0.1, 0.15) is 23.9 Å². The van der Waals surface area contributed by atoms with Crippen LogP contribution in [0.3, 0.4) is 0 Å². The highest BCUT2D eigenvalue weighted by atomic mass is 35.5. The van der Waals surface area contributed by atoms with Crippen molar-refractivity contribution in [3.05, 3.63) is 81.7 Å². The molecule has 0 unspecified atom stereocenters. The third kappa shape index (κ3) is 5.44. The normalized spacial score (nSPS) is 14.5. The third-order valence-electron chi connectivity index (χ3n) is 4.87. The molecule has 3 amide bonds. The summed E-state index contributed by atoms with van der Waals surface area (Å²) in [6.45, 7) is -0.521. The highest BCUT2D eigenvalue weighted by Crippen LogP contribution is 2.33. The first-order chi connectivity index (χ1) is 16.7. The van der Waals surface area contributed by atoms with E-state index in [0.717, 1.165) is 11.0 Å². The number of nitrogens with one attached hydrogen (secondary N) is 1. The maximum Gasteiger partial charge on any atom is 0.337 e. The Morgan fingerprint density at radius 1 is 1.14 bits per heavy atom. The van der Waals surface area contributed by atoms with Crippen LogP contribution < -0.4 is 5.32 Å². The van der Waals surface area contributed by atoms with E-state index in [2.05, 4.69) is 10.1 Å². The fourth-order valence-corrected chi connectivity index (χ4v) is 4.16. The van der Waals surface area contributed by atoms with Crippen LogP contribution in [0.2, 0.25) is 5.02 Å². The maximum absolute atomic E-state index is 13.3. The molecule has 35 heavy (non-hydrogen) atoms. The van der Waals surface area contributed by atoms with Crippen LogP contribution in [-0.4, -0.2) is 41.6 Å². The zero-order chi connectivity index (χ0) is 25.1. The third-order valence-corrected chi connectivity index (χ3v) is 6.07. The Balaban J connectivity index is 1.43. The second kappa shape index (κ2) is 10.2. The molecular formula is C24H16ClFN2O6S. The molecule has 2 aromatic carbocycles. The highest BCUT2D eigenvalue weighted by Gasteiger charge is 2.36. The molecule has 2 heterocycles. The molecule has 1 N–H and O–H groups in total. The monoisotopic (exact) mass is 514 g/mol. The van der Waals surface area contributed by atoms with E-state index in [1.807, 2.05) is 0 Å². The Bertz CT molecular complexity index is 1370. The van der Waals surface area contributed by atoms with Crippen LogP contribution in [0, 0.1) is 5.82 Å². The summed E-state index contributed by atoms with van der Waals surface area (Å²) >= 11 is 6.37. The molecule has 0 atom stereocenters. The minimum absolute atomic E-state index is 0.0922. The minimum atomic E-state index is -0.646. The largest absolute Gasteiger partial charge is 0.465 e. The first kappa shape index (κ1) is 24.2. The summed E-state index contributed by atoms with van der Waals surface area (Å²) < 4.78 is 23.7. The highest BCUT2D eigenvalue weighted by molar-refractivity contribution is 8.18. The molecule has 0 spiro atoms. The number of benzene rings is 2. The number of esters is 1. The predicted octanol–water partition coefficient (Wildman–Crippen LogP) is 5.20. The molecule has 1 fully saturated rings. The molecule has 8 nitrogen and oxygen atoms in total. The molecule has 0 radical (unpaired) electrons. The summed E-state index contributed by atoms with van der Waals surface area (Å²) in [6.07, 6.45) is 1.41. The lowest BCUT2D eigenvalue weighted by molar-refractivity contribution is -0.127. The van der Waals surface area contributed by atoms with Crippen LogP contribution in [0.15, 0.2) is 63.9 Å². The molecule has 0 bridgehead atoms. The fourth-order valence-electron chi connectivity index (χ4n) is 3.16. The van der Waals surface area contributed by atoms with Gasteiger partial charge < -0.3 is 14.5 Å². The summed E-state index contributed by atoms with van der Waals surface area (Å²) in [5, 5.41) is 1.68.